The lowest BCUT2D eigenvalue weighted by molar-refractivity contribution is -0.0496. The molecule has 0 saturated carbocycles. The molecule has 0 unspecified atom stereocenters. The van der Waals surface area contributed by atoms with Crippen molar-refractivity contribution in [3.05, 3.63) is 0 Å². The third-order valence-corrected chi connectivity index (χ3v) is 1.45. The minimum Gasteiger partial charge on any atom is -0.396 e. The third-order valence-electron chi connectivity index (χ3n) is 1.45. The molecule has 0 rings (SSSR count). The number of rotatable bonds is 4. The van der Waals surface area contributed by atoms with Gasteiger partial charge in [0.15, 0.2) is 0 Å². The van der Waals surface area contributed by atoms with Crippen LogP contribution in [-0.2, 0) is 0 Å². The molecule has 4 nitrogen and oxygen atoms in total. The number of aliphatic hydroxyl groups excluding tert-OH is 4. The molecule has 0 spiro atoms. The Morgan fingerprint density at radius 2 is 1.60 bits per heavy atom. The van der Waals surface area contributed by atoms with Crippen LogP contribution in [0, 0.1) is 5.92 Å². The van der Waals surface area contributed by atoms with Crippen molar-refractivity contribution < 1.29 is 20.4 Å². The van der Waals surface area contributed by atoms with E-state index in [9.17, 15) is 0 Å². The molecule has 0 radical (unpaired) electrons. The standard InChI is InChI=1S/C6H14O4/c1-4(2-7)6(10)5(9)3-8/h4-10H,2-3H2,1H3/t4-,5+,6-/m0/s1. The summed E-state index contributed by atoms with van der Waals surface area (Å²) in [5.41, 5.74) is 0. The van der Waals surface area contributed by atoms with Crippen LogP contribution in [-0.4, -0.2) is 45.8 Å². The number of aliphatic hydroxyl groups is 4. The van der Waals surface area contributed by atoms with Crippen LogP contribution in [0.2, 0.25) is 0 Å². The smallest absolute Gasteiger partial charge is 0.103 e. The van der Waals surface area contributed by atoms with Crippen LogP contribution in [0.5, 0.6) is 0 Å². The van der Waals surface area contributed by atoms with E-state index in [1.165, 1.54) is 0 Å². The molecule has 3 atom stereocenters. The zero-order valence-corrected chi connectivity index (χ0v) is 5.94. The first-order valence-electron chi connectivity index (χ1n) is 3.21. The molecule has 0 aromatic rings. The van der Waals surface area contributed by atoms with Crippen LogP contribution in [0.4, 0.5) is 0 Å². The molecule has 4 heteroatoms. The molecule has 0 fully saturated rings. The molecule has 0 aliphatic heterocycles. The number of hydrogen-bond donors (Lipinski definition) is 4. The molecule has 0 amide bonds. The van der Waals surface area contributed by atoms with E-state index in [2.05, 4.69) is 0 Å². The Kier molecular flexibility index (Phi) is 4.55. The molecule has 0 aliphatic rings. The van der Waals surface area contributed by atoms with E-state index < -0.39 is 24.7 Å². The maximum atomic E-state index is 9.02. The van der Waals surface area contributed by atoms with E-state index in [4.69, 9.17) is 20.4 Å². The van der Waals surface area contributed by atoms with Crippen LogP contribution < -0.4 is 0 Å². The van der Waals surface area contributed by atoms with Gasteiger partial charge in [-0.15, -0.1) is 0 Å². The molecule has 0 saturated heterocycles. The Balaban J connectivity index is 3.69. The van der Waals surface area contributed by atoms with Crippen LogP contribution in [0.15, 0.2) is 0 Å². The molecular weight excluding hydrogens is 136 g/mol. The molecule has 0 aromatic carbocycles. The minimum atomic E-state index is -1.15. The average molecular weight is 150 g/mol. The quantitative estimate of drug-likeness (QED) is 0.386. The second-order valence-corrected chi connectivity index (χ2v) is 2.40. The van der Waals surface area contributed by atoms with Crippen molar-refractivity contribution in [2.75, 3.05) is 13.2 Å². The van der Waals surface area contributed by atoms with Gasteiger partial charge in [-0.3, -0.25) is 0 Å². The highest BCUT2D eigenvalue weighted by Gasteiger charge is 2.20. The van der Waals surface area contributed by atoms with Crippen LogP contribution in [0.3, 0.4) is 0 Å². The highest BCUT2D eigenvalue weighted by atomic mass is 16.4. The largest absolute Gasteiger partial charge is 0.396 e. The number of hydrogen-bond acceptors (Lipinski definition) is 4. The summed E-state index contributed by atoms with van der Waals surface area (Å²) in [6.07, 6.45) is -2.20. The molecule has 0 aliphatic carbocycles. The lowest BCUT2D eigenvalue weighted by Crippen LogP contribution is -2.36. The van der Waals surface area contributed by atoms with E-state index >= 15 is 0 Å². The molecular formula is C6H14O4. The first-order valence-corrected chi connectivity index (χ1v) is 3.21. The predicted octanol–water partition coefficient (Wildman–Crippen LogP) is -1.67. The minimum absolute atomic E-state index is 0.196. The van der Waals surface area contributed by atoms with Gasteiger partial charge < -0.3 is 20.4 Å². The normalized spacial score (nSPS) is 20.1. The lowest BCUT2D eigenvalue weighted by atomic mass is 10.0. The van der Waals surface area contributed by atoms with E-state index in [0.717, 1.165) is 0 Å². The van der Waals surface area contributed by atoms with Crippen LogP contribution >= 0.6 is 0 Å². The Morgan fingerprint density at radius 1 is 1.10 bits per heavy atom. The summed E-state index contributed by atoms with van der Waals surface area (Å²) in [4.78, 5) is 0. The Labute approximate surface area is 59.7 Å². The van der Waals surface area contributed by atoms with Crippen molar-refractivity contribution in [2.45, 2.75) is 19.1 Å². The van der Waals surface area contributed by atoms with E-state index in [-0.39, 0.29) is 6.61 Å². The fourth-order valence-corrected chi connectivity index (χ4v) is 0.595. The second kappa shape index (κ2) is 4.62. The van der Waals surface area contributed by atoms with Gasteiger partial charge in [-0.2, -0.15) is 0 Å². The zero-order chi connectivity index (χ0) is 8.15. The van der Waals surface area contributed by atoms with Gasteiger partial charge in [0.25, 0.3) is 0 Å². The first kappa shape index (κ1) is 9.84. The molecule has 62 valence electrons. The summed E-state index contributed by atoms with van der Waals surface area (Å²) >= 11 is 0. The van der Waals surface area contributed by atoms with Gasteiger partial charge in [0.1, 0.15) is 6.10 Å². The Hall–Kier alpha value is -0.160. The van der Waals surface area contributed by atoms with Gasteiger partial charge in [0.05, 0.1) is 12.7 Å². The van der Waals surface area contributed by atoms with Crippen molar-refractivity contribution in [3.8, 4) is 0 Å². The zero-order valence-electron chi connectivity index (χ0n) is 5.94. The summed E-state index contributed by atoms with van der Waals surface area (Å²) in [7, 11) is 0. The fourth-order valence-electron chi connectivity index (χ4n) is 0.595. The topological polar surface area (TPSA) is 80.9 Å². The summed E-state index contributed by atoms with van der Waals surface area (Å²) in [5.74, 6) is -0.401. The van der Waals surface area contributed by atoms with Gasteiger partial charge in [0.2, 0.25) is 0 Å². The maximum absolute atomic E-state index is 9.02. The fraction of sp³-hybridized carbons (Fsp3) is 1.00. The van der Waals surface area contributed by atoms with Crippen LogP contribution in [0.25, 0.3) is 0 Å². The van der Waals surface area contributed by atoms with Crippen molar-refractivity contribution >= 4 is 0 Å². The predicted molar refractivity (Wildman–Crippen MR) is 35.3 cm³/mol. The van der Waals surface area contributed by atoms with Crippen molar-refractivity contribution in [1.82, 2.24) is 0 Å². The molecule has 10 heavy (non-hydrogen) atoms. The SMILES string of the molecule is C[C@@H](CO)[C@H](O)[C@H](O)CO. The Morgan fingerprint density at radius 3 is 1.90 bits per heavy atom. The van der Waals surface area contributed by atoms with Crippen molar-refractivity contribution in [1.29, 1.82) is 0 Å². The molecule has 4 N–H and O–H groups in total. The monoisotopic (exact) mass is 150 g/mol. The molecule has 0 bridgehead atoms. The van der Waals surface area contributed by atoms with Gasteiger partial charge in [-0.1, -0.05) is 6.92 Å². The van der Waals surface area contributed by atoms with Gasteiger partial charge in [0, 0.05) is 12.5 Å². The highest BCUT2D eigenvalue weighted by molar-refractivity contribution is 4.70. The average Bonchev–Trinajstić information content (AvgIpc) is 2.00. The van der Waals surface area contributed by atoms with E-state index in [1.807, 2.05) is 0 Å². The first-order chi connectivity index (χ1) is 4.63. The lowest BCUT2D eigenvalue weighted by Gasteiger charge is -2.20. The van der Waals surface area contributed by atoms with Gasteiger partial charge in [-0.05, 0) is 0 Å². The second-order valence-electron chi connectivity index (χ2n) is 2.40. The molecule has 0 heterocycles. The van der Waals surface area contributed by atoms with Crippen molar-refractivity contribution in [2.24, 2.45) is 5.92 Å². The highest BCUT2D eigenvalue weighted by Crippen LogP contribution is 2.05. The summed E-state index contributed by atoms with van der Waals surface area (Å²) < 4.78 is 0. The summed E-state index contributed by atoms with van der Waals surface area (Å²) in [5, 5.41) is 34.7. The Bertz CT molecular complexity index is 75.8. The van der Waals surface area contributed by atoms with Crippen LogP contribution in [0.1, 0.15) is 6.92 Å². The summed E-state index contributed by atoms with van der Waals surface area (Å²) in [6.45, 7) is 0.910. The van der Waals surface area contributed by atoms with Crippen molar-refractivity contribution in [3.63, 3.8) is 0 Å². The van der Waals surface area contributed by atoms with E-state index in [1.54, 1.807) is 6.92 Å². The third kappa shape index (κ3) is 2.62. The van der Waals surface area contributed by atoms with Gasteiger partial charge >= 0.3 is 0 Å². The van der Waals surface area contributed by atoms with Gasteiger partial charge in [-0.25, -0.2) is 0 Å². The summed E-state index contributed by atoms with van der Waals surface area (Å²) in [6, 6.07) is 0. The maximum Gasteiger partial charge on any atom is 0.103 e. The van der Waals surface area contributed by atoms with E-state index in [0.29, 0.717) is 0 Å². The molecule has 0 aromatic heterocycles.